The standard InChI is InChI=1S/C23H24N2O4S/c1-2-3-9-21-24-14-19(12-18(23(28)29)13-20-8-5-10-30-20)25(21)15-16-6-4-7-17(11-16)22(26)27/h4-8,10-12,14H,2-3,9,13,15H2,1H3,(H,26,27)(H,28,29)/b18-12+. The van der Waals surface area contributed by atoms with E-state index >= 15 is 0 Å². The zero-order valence-electron chi connectivity index (χ0n) is 16.7. The quantitative estimate of drug-likeness (QED) is 0.459. The number of nitrogens with zero attached hydrogens (tertiary/aromatic N) is 2. The smallest absolute Gasteiger partial charge is 0.335 e. The topological polar surface area (TPSA) is 92.4 Å². The minimum Gasteiger partial charge on any atom is -0.478 e. The minimum absolute atomic E-state index is 0.226. The van der Waals surface area contributed by atoms with Gasteiger partial charge < -0.3 is 14.8 Å². The maximum Gasteiger partial charge on any atom is 0.335 e. The van der Waals surface area contributed by atoms with Gasteiger partial charge in [0.05, 0.1) is 17.5 Å². The van der Waals surface area contributed by atoms with E-state index in [-0.39, 0.29) is 5.56 Å². The number of aryl methyl sites for hydroxylation is 1. The van der Waals surface area contributed by atoms with Crippen molar-refractivity contribution >= 4 is 29.4 Å². The van der Waals surface area contributed by atoms with Crippen molar-refractivity contribution < 1.29 is 19.8 Å². The highest BCUT2D eigenvalue weighted by Gasteiger charge is 2.15. The second-order valence-corrected chi connectivity index (χ2v) is 8.06. The van der Waals surface area contributed by atoms with Crippen LogP contribution in [-0.2, 0) is 24.2 Å². The van der Waals surface area contributed by atoms with E-state index in [1.807, 2.05) is 28.1 Å². The number of carboxylic acid groups (broad SMARTS) is 2. The maximum absolute atomic E-state index is 11.8. The molecule has 156 valence electrons. The van der Waals surface area contributed by atoms with Crippen molar-refractivity contribution in [2.75, 3.05) is 0 Å². The second-order valence-electron chi connectivity index (χ2n) is 7.03. The normalized spacial score (nSPS) is 11.6. The van der Waals surface area contributed by atoms with Crippen molar-refractivity contribution in [2.45, 2.75) is 39.2 Å². The van der Waals surface area contributed by atoms with Crippen LogP contribution < -0.4 is 0 Å². The van der Waals surface area contributed by atoms with Crippen LogP contribution in [0.3, 0.4) is 0 Å². The molecule has 0 spiro atoms. The van der Waals surface area contributed by atoms with Gasteiger partial charge in [0, 0.05) is 29.8 Å². The molecule has 3 aromatic rings. The lowest BCUT2D eigenvalue weighted by Crippen LogP contribution is -2.10. The van der Waals surface area contributed by atoms with Crippen molar-refractivity contribution in [3.8, 4) is 0 Å². The summed E-state index contributed by atoms with van der Waals surface area (Å²) in [5, 5.41) is 20.9. The van der Waals surface area contributed by atoms with Crippen LogP contribution in [0.5, 0.6) is 0 Å². The number of carboxylic acids is 2. The van der Waals surface area contributed by atoms with Gasteiger partial charge in [0.25, 0.3) is 0 Å². The Balaban J connectivity index is 1.97. The Morgan fingerprint density at radius 2 is 2.03 bits per heavy atom. The molecule has 7 heteroatoms. The number of unbranched alkanes of at least 4 members (excludes halogenated alkanes) is 1. The zero-order chi connectivity index (χ0) is 21.5. The number of hydrogen-bond acceptors (Lipinski definition) is 4. The number of aliphatic carboxylic acids is 1. The summed E-state index contributed by atoms with van der Waals surface area (Å²) in [6.45, 7) is 2.53. The fourth-order valence-corrected chi connectivity index (χ4v) is 3.94. The van der Waals surface area contributed by atoms with Crippen LogP contribution in [-0.4, -0.2) is 31.7 Å². The monoisotopic (exact) mass is 424 g/mol. The second kappa shape index (κ2) is 10.0. The molecule has 2 N–H and O–H groups in total. The SMILES string of the molecule is CCCCc1ncc(/C=C(\Cc2cccs2)C(=O)O)n1Cc1cccc(C(=O)O)c1. The summed E-state index contributed by atoms with van der Waals surface area (Å²) >= 11 is 1.52. The molecule has 0 unspecified atom stereocenters. The molecule has 0 amide bonds. The average molecular weight is 425 g/mol. The Kier molecular flexibility index (Phi) is 7.19. The fraction of sp³-hybridized carbons (Fsp3) is 0.261. The molecular weight excluding hydrogens is 400 g/mol. The molecule has 0 aliphatic heterocycles. The summed E-state index contributed by atoms with van der Waals surface area (Å²) in [4.78, 5) is 28.7. The molecule has 1 aromatic carbocycles. The molecule has 0 saturated carbocycles. The first-order valence-corrected chi connectivity index (χ1v) is 10.7. The van der Waals surface area contributed by atoms with Crippen LogP contribution in [0.4, 0.5) is 0 Å². The van der Waals surface area contributed by atoms with Gasteiger partial charge in [-0.05, 0) is 41.6 Å². The predicted molar refractivity (Wildman–Crippen MR) is 117 cm³/mol. The maximum atomic E-state index is 11.8. The predicted octanol–water partition coefficient (Wildman–Crippen LogP) is 4.74. The lowest BCUT2D eigenvalue weighted by Gasteiger charge is -2.12. The molecular formula is C23H24N2O4S. The van der Waals surface area contributed by atoms with Crippen LogP contribution >= 0.6 is 11.3 Å². The highest BCUT2D eigenvalue weighted by molar-refractivity contribution is 7.09. The van der Waals surface area contributed by atoms with E-state index < -0.39 is 11.9 Å². The number of hydrogen-bond donors (Lipinski definition) is 2. The Labute approximate surface area is 179 Å². The molecule has 2 aromatic heterocycles. The Hall–Kier alpha value is -3.19. The summed E-state index contributed by atoms with van der Waals surface area (Å²) in [5.74, 6) is -1.07. The molecule has 0 aliphatic rings. The molecule has 0 bridgehead atoms. The molecule has 6 nitrogen and oxygen atoms in total. The Bertz CT molecular complexity index is 1050. The number of thiophene rings is 1. The van der Waals surface area contributed by atoms with Crippen molar-refractivity contribution in [3.63, 3.8) is 0 Å². The Morgan fingerprint density at radius 3 is 2.70 bits per heavy atom. The van der Waals surface area contributed by atoms with Crippen LogP contribution in [0.15, 0.2) is 53.5 Å². The first kappa shape index (κ1) is 21.5. The number of aromatic nitrogens is 2. The van der Waals surface area contributed by atoms with Crippen molar-refractivity contribution in [3.05, 3.63) is 81.1 Å². The zero-order valence-corrected chi connectivity index (χ0v) is 17.6. The van der Waals surface area contributed by atoms with E-state index in [0.717, 1.165) is 35.5 Å². The molecule has 3 rings (SSSR count). The summed E-state index contributed by atoms with van der Waals surface area (Å²) in [5.41, 5.74) is 2.05. The molecule has 0 aliphatic carbocycles. The van der Waals surface area contributed by atoms with Crippen LogP contribution in [0.25, 0.3) is 6.08 Å². The van der Waals surface area contributed by atoms with Crippen molar-refractivity contribution in [1.82, 2.24) is 9.55 Å². The third-order valence-electron chi connectivity index (χ3n) is 4.78. The average Bonchev–Trinajstić information content (AvgIpc) is 3.36. The Morgan fingerprint density at radius 1 is 1.20 bits per heavy atom. The largest absolute Gasteiger partial charge is 0.478 e. The lowest BCUT2D eigenvalue weighted by molar-refractivity contribution is -0.132. The summed E-state index contributed by atoms with van der Waals surface area (Å²) < 4.78 is 1.98. The van der Waals surface area contributed by atoms with E-state index in [0.29, 0.717) is 24.2 Å². The number of imidazole rings is 1. The highest BCUT2D eigenvalue weighted by Crippen LogP contribution is 2.20. The number of benzene rings is 1. The van der Waals surface area contributed by atoms with Crippen molar-refractivity contribution in [2.24, 2.45) is 0 Å². The van der Waals surface area contributed by atoms with Gasteiger partial charge in [-0.2, -0.15) is 0 Å². The number of carbonyl (C=O) groups is 2. The van der Waals surface area contributed by atoms with Gasteiger partial charge in [0.15, 0.2) is 0 Å². The van der Waals surface area contributed by atoms with Gasteiger partial charge in [-0.25, -0.2) is 14.6 Å². The molecule has 30 heavy (non-hydrogen) atoms. The van der Waals surface area contributed by atoms with E-state index in [1.54, 1.807) is 30.5 Å². The van der Waals surface area contributed by atoms with Crippen molar-refractivity contribution in [1.29, 1.82) is 0 Å². The third kappa shape index (κ3) is 5.45. The molecule has 0 radical (unpaired) electrons. The van der Waals surface area contributed by atoms with Crippen LogP contribution in [0.2, 0.25) is 0 Å². The van der Waals surface area contributed by atoms with Crippen LogP contribution in [0.1, 0.15) is 52.1 Å². The van der Waals surface area contributed by atoms with E-state index in [4.69, 9.17) is 0 Å². The van der Waals surface area contributed by atoms with Gasteiger partial charge in [-0.15, -0.1) is 11.3 Å². The minimum atomic E-state index is -0.974. The highest BCUT2D eigenvalue weighted by atomic mass is 32.1. The molecule has 2 heterocycles. The molecule has 0 saturated heterocycles. The van der Waals surface area contributed by atoms with Crippen LogP contribution in [0, 0.1) is 0 Å². The summed E-state index contributed by atoms with van der Waals surface area (Å²) in [6, 6.07) is 10.6. The first-order chi connectivity index (χ1) is 14.5. The fourth-order valence-electron chi connectivity index (χ4n) is 3.21. The number of rotatable bonds is 10. The van der Waals surface area contributed by atoms with E-state index in [2.05, 4.69) is 11.9 Å². The molecule has 0 atom stereocenters. The van der Waals surface area contributed by atoms with E-state index in [1.165, 1.54) is 11.3 Å². The number of aromatic carboxylic acids is 1. The van der Waals surface area contributed by atoms with Gasteiger partial charge in [-0.3, -0.25) is 0 Å². The van der Waals surface area contributed by atoms with Gasteiger partial charge in [0.2, 0.25) is 0 Å². The van der Waals surface area contributed by atoms with Gasteiger partial charge >= 0.3 is 11.9 Å². The summed E-state index contributed by atoms with van der Waals surface area (Å²) in [6.07, 6.45) is 6.48. The van der Waals surface area contributed by atoms with Gasteiger partial charge in [0.1, 0.15) is 5.82 Å². The summed E-state index contributed by atoms with van der Waals surface area (Å²) in [7, 11) is 0. The third-order valence-corrected chi connectivity index (χ3v) is 5.66. The molecule has 0 fully saturated rings. The van der Waals surface area contributed by atoms with Gasteiger partial charge in [-0.1, -0.05) is 31.5 Å². The first-order valence-electron chi connectivity index (χ1n) is 9.80. The van der Waals surface area contributed by atoms with E-state index in [9.17, 15) is 19.8 Å². The lowest BCUT2D eigenvalue weighted by atomic mass is 10.1.